The van der Waals surface area contributed by atoms with E-state index < -0.39 is 0 Å². The number of nitrogens with zero attached hydrogens (tertiary/aromatic N) is 2. The van der Waals surface area contributed by atoms with Gasteiger partial charge in [-0.25, -0.2) is 0 Å². The lowest BCUT2D eigenvalue weighted by molar-refractivity contribution is 0.185. The molecule has 0 aliphatic carbocycles. The fourth-order valence-electron chi connectivity index (χ4n) is 4.10. The average molecular weight is 311 g/mol. The largest absolute Gasteiger partial charge is 0.322 e. The van der Waals surface area contributed by atoms with E-state index in [0.717, 1.165) is 29.6 Å². The third kappa shape index (κ3) is 3.19. The third-order valence-corrected chi connectivity index (χ3v) is 5.37. The monoisotopic (exact) mass is 311 g/mol. The summed E-state index contributed by atoms with van der Waals surface area (Å²) >= 11 is 0. The first-order chi connectivity index (χ1) is 11.3. The molecular formula is C19H25N3O. The van der Waals surface area contributed by atoms with Gasteiger partial charge in [0.15, 0.2) is 0 Å². The Kier molecular flexibility index (Phi) is 4.19. The lowest BCUT2D eigenvalue weighted by Crippen LogP contribution is -2.39. The molecule has 1 atom stereocenters. The van der Waals surface area contributed by atoms with Crippen LogP contribution >= 0.6 is 0 Å². The van der Waals surface area contributed by atoms with E-state index >= 15 is 0 Å². The van der Waals surface area contributed by atoms with Crippen LogP contribution in [-0.4, -0.2) is 47.0 Å². The number of pyridine rings is 1. The van der Waals surface area contributed by atoms with Crippen molar-refractivity contribution in [3.8, 4) is 0 Å². The molecule has 1 N–H and O–H groups in total. The van der Waals surface area contributed by atoms with Crippen LogP contribution in [0.25, 0.3) is 10.9 Å². The van der Waals surface area contributed by atoms with Gasteiger partial charge in [0.05, 0.1) is 0 Å². The maximum absolute atomic E-state index is 12.4. The van der Waals surface area contributed by atoms with Crippen LogP contribution in [0.2, 0.25) is 0 Å². The van der Waals surface area contributed by atoms with Gasteiger partial charge in [0.2, 0.25) is 0 Å². The van der Waals surface area contributed by atoms with E-state index in [1.54, 1.807) is 0 Å². The molecule has 2 fully saturated rings. The Balaban J connectivity index is 1.52. The number of hydrogen-bond donors (Lipinski definition) is 1. The van der Waals surface area contributed by atoms with E-state index in [0.29, 0.717) is 6.04 Å². The minimum Gasteiger partial charge on any atom is -0.322 e. The summed E-state index contributed by atoms with van der Waals surface area (Å²) in [5, 5.41) is 1.12. The van der Waals surface area contributed by atoms with Crippen LogP contribution in [0.5, 0.6) is 0 Å². The van der Waals surface area contributed by atoms with Crippen molar-refractivity contribution >= 4 is 10.9 Å². The summed E-state index contributed by atoms with van der Waals surface area (Å²) in [4.78, 5) is 20.5. The van der Waals surface area contributed by atoms with Gasteiger partial charge in [-0.05, 0) is 62.8 Å². The molecule has 1 unspecified atom stereocenters. The van der Waals surface area contributed by atoms with Crippen LogP contribution in [0.3, 0.4) is 0 Å². The van der Waals surface area contributed by atoms with Crippen LogP contribution in [-0.2, 0) is 6.54 Å². The molecule has 122 valence electrons. The van der Waals surface area contributed by atoms with E-state index in [1.165, 1.54) is 45.3 Å². The minimum atomic E-state index is 0.0653. The second-order valence-corrected chi connectivity index (χ2v) is 6.99. The Morgan fingerprint density at radius 3 is 2.78 bits per heavy atom. The molecule has 4 heteroatoms. The Morgan fingerprint density at radius 1 is 1.09 bits per heavy atom. The van der Waals surface area contributed by atoms with Crippen molar-refractivity contribution < 1.29 is 0 Å². The zero-order valence-electron chi connectivity index (χ0n) is 13.6. The van der Waals surface area contributed by atoms with Crippen LogP contribution in [0.1, 0.15) is 31.2 Å². The quantitative estimate of drug-likeness (QED) is 0.943. The Labute approximate surface area is 137 Å². The molecule has 0 radical (unpaired) electrons. The summed E-state index contributed by atoms with van der Waals surface area (Å²) in [7, 11) is 0. The number of para-hydroxylation sites is 1. The number of rotatable bonds is 4. The number of aromatic nitrogens is 1. The van der Waals surface area contributed by atoms with E-state index in [2.05, 4.69) is 26.9 Å². The summed E-state index contributed by atoms with van der Waals surface area (Å²) in [6.45, 7) is 5.57. The van der Waals surface area contributed by atoms with Gasteiger partial charge in [-0.1, -0.05) is 18.2 Å². The predicted molar refractivity (Wildman–Crippen MR) is 93.7 cm³/mol. The fraction of sp³-hybridized carbons (Fsp3) is 0.526. The third-order valence-electron chi connectivity index (χ3n) is 5.37. The number of nitrogens with one attached hydrogen (secondary N) is 1. The molecule has 2 aromatic rings. The molecule has 2 aliphatic rings. The van der Waals surface area contributed by atoms with Crippen LogP contribution in [0.4, 0.5) is 0 Å². The van der Waals surface area contributed by atoms with Crippen molar-refractivity contribution in [2.24, 2.45) is 0 Å². The predicted octanol–water partition coefficient (Wildman–Crippen LogP) is 2.59. The second-order valence-electron chi connectivity index (χ2n) is 6.99. The van der Waals surface area contributed by atoms with Crippen molar-refractivity contribution in [1.29, 1.82) is 0 Å². The molecule has 23 heavy (non-hydrogen) atoms. The summed E-state index contributed by atoms with van der Waals surface area (Å²) in [5.41, 5.74) is 1.89. The van der Waals surface area contributed by atoms with E-state index in [1.807, 2.05) is 18.2 Å². The first kappa shape index (κ1) is 14.9. The van der Waals surface area contributed by atoms with Crippen molar-refractivity contribution in [3.63, 3.8) is 0 Å². The molecule has 0 amide bonds. The SMILES string of the molecule is O=c1[nH]c2ccccc2cc1CN1CCCC1CN1CCCC1. The summed E-state index contributed by atoms with van der Waals surface area (Å²) in [5.74, 6) is 0. The highest BCUT2D eigenvalue weighted by atomic mass is 16.1. The normalized spacial score (nSPS) is 23.0. The molecule has 4 nitrogen and oxygen atoms in total. The zero-order chi connectivity index (χ0) is 15.6. The molecule has 2 aliphatic heterocycles. The van der Waals surface area contributed by atoms with Crippen LogP contribution < -0.4 is 5.56 Å². The molecule has 0 spiro atoms. The number of H-pyrrole nitrogens is 1. The molecule has 0 saturated carbocycles. The van der Waals surface area contributed by atoms with Gasteiger partial charge in [-0.2, -0.15) is 0 Å². The highest BCUT2D eigenvalue weighted by Crippen LogP contribution is 2.22. The van der Waals surface area contributed by atoms with Crippen LogP contribution in [0, 0.1) is 0 Å². The smallest absolute Gasteiger partial charge is 0.252 e. The molecule has 3 heterocycles. The maximum atomic E-state index is 12.4. The average Bonchev–Trinajstić information content (AvgIpc) is 3.21. The first-order valence-electron chi connectivity index (χ1n) is 8.87. The highest BCUT2D eigenvalue weighted by Gasteiger charge is 2.27. The fourth-order valence-corrected chi connectivity index (χ4v) is 4.10. The Hall–Kier alpha value is -1.65. The summed E-state index contributed by atoms with van der Waals surface area (Å²) < 4.78 is 0. The molecule has 1 aromatic carbocycles. The van der Waals surface area contributed by atoms with Gasteiger partial charge in [0, 0.05) is 30.2 Å². The molecule has 2 saturated heterocycles. The molecular weight excluding hydrogens is 286 g/mol. The van der Waals surface area contributed by atoms with Crippen molar-refractivity contribution in [2.75, 3.05) is 26.2 Å². The number of likely N-dealkylation sites (tertiary alicyclic amines) is 2. The Bertz CT molecular complexity index is 733. The summed E-state index contributed by atoms with van der Waals surface area (Å²) in [6.07, 6.45) is 5.21. The zero-order valence-corrected chi connectivity index (χ0v) is 13.6. The van der Waals surface area contributed by atoms with E-state index in [9.17, 15) is 4.79 Å². The van der Waals surface area contributed by atoms with Gasteiger partial charge in [0.1, 0.15) is 0 Å². The van der Waals surface area contributed by atoms with Crippen LogP contribution in [0.15, 0.2) is 35.1 Å². The maximum Gasteiger partial charge on any atom is 0.252 e. The molecule has 0 bridgehead atoms. The van der Waals surface area contributed by atoms with Crippen molar-refractivity contribution in [2.45, 2.75) is 38.3 Å². The van der Waals surface area contributed by atoms with Gasteiger partial charge < -0.3 is 9.88 Å². The van der Waals surface area contributed by atoms with Gasteiger partial charge in [-0.3, -0.25) is 9.69 Å². The lowest BCUT2D eigenvalue weighted by atomic mass is 10.1. The minimum absolute atomic E-state index is 0.0653. The number of aromatic amines is 1. The van der Waals surface area contributed by atoms with Gasteiger partial charge >= 0.3 is 0 Å². The van der Waals surface area contributed by atoms with E-state index in [-0.39, 0.29) is 5.56 Å². The first-order valence-corrected chi connectivity index (χ1v) is 8.87. The number of hydrogen-bond acceptors (Lipinski definition) is 3. The number of benzene rings is 1. The highest BCUT2D eigenvalue weighted by molar-refractivity contribution is 5.78. The second kappa shape index (κ2) is 6.46. The summed E-state index contributed by atoms with van der Waals surface area (Å²) in [6, 6.07) is 10.7. The number of fused-ring (bicyclic) bond motifs is 1. The topological polar surface area (TPSA) is 39.3 Å². The van der Waals surface area contributed by atoms with Crippen molar-refractivity contribution in [1.82, 2.24) is 14.8 Å². The Morgan fingerprint density at radius 2 is 1.91 bits per heavy atom. The lowest BCUT2D eigenvalue weighted by Gasteiger charge is -2.28. The standard InChI is InChI=1S/C19H25N3O/c23-19-16(12-15-6-1-2-8-18(15)20-19)13-22-11-5-7-17(22)14-21-9-3-4-10-21/h1-2,6,8,12,17H,3-5,7,9-11,13-14H2,(H,20,23). The van der Waals surface area contributed by atoms with E-state index in [4.69, 9.17) is 0 Å². The van der Waals surface area contributed by atoms with Gasteiger partial charge in [-0.15, -0.1) is 0 Å². The van der Waals surface area contributed by atoms with Gasteiger partial charge in [0.25, 0.3) is 5.56 Å². The molecule has 4 rings (SSSR count). The van der Waals surface area contributed by atoms with Crippen molar-refractivity contribution in [3.05, 3.63) is 46.2 Å². The molecule has 1 aromatic heterocycles.